The first-order valence-corrected chi connectivity index (χ1v) is 8.87. The van der Waals surface area contributed by atoms with Crippen LogP contribution in [0.4, 0.5) is 5.95 Å². The molecule has 6 nitrogen and oxygen atoms in total. The van der Waals surface area contributed by atoms with Crippen molar-refractivity contribution in [2.75, 3.05) is 5.32 Å². The van der Waals surface area contributed by atoms with E-state index in [1.165, 1.54) is 0 Å². The number of hydrogen-bond donors (Lipinski definition) is 2. The second kappa shape index (κ2) is 6.80. The molecule has 3 aromatic rings. The maximum atomic E-state index is 12.7. The molecule has 28 heavy (non-hydrogen) atoms. The van der Waals surface area contributed by atoms with Crippen molar-refractivity contribution in [2.45, 2.75) is 18.9 Å². The lowest BCUT2D eigenvalue weighted by molar-refractivity contribution is -0.120. The van der Waals surface area contributed by atoms with Gasteiger partial charge in [-0.2, -0.15) is 5.26 Å². The molecule has 1 aliphatic rings. The number of allylic oxidation sites excluding steroid dienone is 4. The first kappa shape index (κ1) is 17.7. The van der Waals surface area contributed by atoms with Crippen LogP contribution in [0, 0.1) is 11.3 Å². The lowest BCUT2D eigenvalue weighted by Gasteiger charge is -2.23. The van der Waals surface area contributed by atoms with Crippen LogP contribution >= 0.6 is 0 Å². The number of carbonyl (C=O) groups is 1. The van der Waals surface area contributed by atoms with Gasteiger partial charge in [-0.05, 0) is 42.8 Å². The molecule has 6 heteroatoms. The number of nitrogens with zero attached hydrogens (tertiary/aromatic N) is 3. The van der Waals surface area contributed by atoms with Gasteiger partial charge in [-0.1, -0.05) is 36.4 Å². The predicted molar refractivity (Wildman–Crippen MR) is 107 cm³/mol. The quantitative estimate of drug-likeness (QED) is 0.718. The van der Waals surface area contributed by atoms with E-state index in [-0.39, 0.29) is 12.3 Å². The second-order valence-corrected chi connectivity index (χ2v) is 6.90. The Labute approximate surface area is 162 Å². The monoisotopic (exact) mass is 370 g/mol. The van der Waals surface area contributed by atoms with Crippen LogP contribution in [0.15, 0.2) is 66.8 Å². The van der Waals surface area contributed by atoms with Crippen LogP contribution < -0.4 is 5.32 Å². The van der Waals surface area contributed by atoms with Gasteiger partial charge in [0.05, 0.1) is 34.7 Å². The van der Waals surface area contributed by atoms with E-state index < -0.39 is 5.60 Å². The highest BCUT2D eigenvalue weighted by molar-refractivity contribution is 5.95. The number of carbonyl (C=O) groups excluding carboxylic acids is 1. The molecule has 0 unspecified atom stereocenters. The lowest BCUT2D eigenvalue weighted by atomic mass is 9.92. The molecule has 0 saturated heterocycles. The zero-order valence-electron chi connectivity index (χ0n) is 15.3. The third-order valence-electron chi connectivity index (χ3n) is 4.73. The molecule has 1 amide bonds. The van der Waals surface area contributed by atoms with Gasteiger partial charge in [-0.3, -0.25) is 14.7 Å². The highest BCUT2D eigenvalue weighted by atomic mass is 16.3. The topological polar surface area (TPSA) is 90.9 Å². The van der Waals surface area contributed by atoms with Gasteiger partial charge in [0.2, 0.25) is 11.9 Å². The highest BCUT2D eigenvalue weighted by Gasteiger charge is 2.27. The fourth-order valence-corrected chi connectivity index (χ4v) is 3.20. The van der Waals surface area contributed by atoms with E-state index in [1.807, 2.05) is 36.4 Å². The van der Waals surface area contributed by atoms with Gasteiger partial charge < -0.3 is 5.11 Å². The van der Waals surface area contributed by atoms with Crippen LogP contribution in [-0.2, 0) is 10.4 Å². The van der Waals surface area contributed by atoms with E-state index in [0.29, 0.717) is 22.6 Å². The molecule has 0 fully saturated rings. The van der Waals surface area contributed by atoms with E-state index in [1.54, 1.807) is 41.8 Å². The molecule has 2 N–H and O–H groups in total. The summed E-state index contributed by atoms with van der Waals surface area (Å²) in [6.07, 6.45) is 5.57. The summed E-state index contributed by atoms with van der Waals surface area (Å²) in [6, 6.07) is 16.4. The molecule has 1 atom stereocenters. The first-order chi connectivity index (χ1) is 13.5. The molecule has 4 rings (SSSR count). The molecule has 1 aliphatic carbocycles. The number of fused-ring (bicyclic) bond motifs is 1. The molecular weight excluding hydrogens is 352 g/mol. The average molecular weight is 370 g/mol. The number of hydrogen-bond acceptors (Lipinski definition) is 4. The van der Waals surface area contributed by atoms with Gasteiger partial charge in [0, 0.05) is 5.70 Å². The van der Waals surface area contributed by atoms with Gasteiger partial charge >= 0.3 is 0 Å². The third-order valence-corrected chi connectivity index (χ3v) is 4.73. The fraction of sp³-hybridized carbons (Fsp3) is 0.136. The highest BCUT2D eigenvalue weighted by Crippen LogP contribution is 2.30. The predicted octanol–water partition coefficient (Wildman–Crippen LogP) is 3.55. The molecule has 0 spiro atoms. The number of aliphatic hydroxyl groups is 1. The van der Waals surface area contributed by atoms with Gasteiger partial charge in [-0.15, -0.1) is 0 Å². The van der Waals surface area contributed by atoms with Crippen molar-refractivity contribution in [1.82, 2.24) is 9.55 Å². The summed E-state index contributed by atoms with van der Waals surface area (Å²) in [7, 11) is 0. The van der Waals surface area contributed by atoms with E-state index in [9.17, 15) is 15.2 Å². The van der Waals surface area contributed by atoms with Crippen LogP contribution in [0.5, 0.6) is 0 Å². The van der Waals surface area contributed by atoms with Gasteiger partial charge in [0.25, 0.3) is 0 Å². The number of benzene rings is 2. The summed E-state index contributed by atoms with van der Waals surface area (Å²) < 4.78 is 1.80. The Bertz CT molecular complexity index is 1160. The average Bonchev–Trinajstić information content (AvgIpc) is 2.97. The van der Waals surface area contributed by atoms with E-state index in [0.717, 1.165) is 11.2 Å². The number of anilines is 1. The van der Waals surface area contributed by atoms with Crippen molar-refractivity contribution in [3.8, 4) is 6.07 Å². The summed E-state index contributed by atoms with van der Waals surface area (Å²) in [5.41, 5.74) is 2.16. The molecule has 138 valence electrons. The van der Waals surface area contributed by atoms with Crippen LogP contribution in [-0.4, -0.2) is 20.6 Å². The largest absolute Gasteiger partial charge is 0.385 e. The normalized spacial score (nSPS) is 14.7. The molecule has 0 aliphatic heterocycles. The molecule has 0 bridgehead atoms. The number of amides is 1. The Balaban J connectivity index is 1.64. The molecule has 1 heterocycles. The number of nitriles is 1. The minimum Gasteiger partial charge on any atom is -0.385 e. The van der Waals surface area contributed by atoms with Crippen molar-refractivity contribution < 1.29 is 9.90 Å². The number of imidazole rings is 1. The SMILES string of the molecule is C[C@@](O)(CC(=O)Nc1nc2ccc(C#N)cc2n1C1=CC=C1)c1ccccc1. The van der Waals surface area contributed by atoms with Crippen molar-refractivity contribution in [3.63, 3.8) is 0 Å². The van der Waals surface area contributed by atoms with Crippen molar-refractivity contribution in [1.29, 1.82) is 5.26 Å². The van der Waals surface area contributed by atoms with E-state index in [2.05, 4.69) is 16.4 Å². The Morgan fingerprint density at radius 1 is 1.29 bits per heavy atom. The maximum absolute atomic E-state index is 12.7. The van der Waals surface area contributed by atoms with E-state index in [4.69, 9.17) is 0 Å². The van der Waals surface area contributed by atoms with Gasteiger partial charge in [0.15, 0.2) is 0 Å². The number of nitrogens with one attached hydrogen (secondary N) is 1. The summed E-state index contributed by atoms with van der Waals surface area (Å²) in [6.45, 7) is 1.61. The zero-order chi connectivity index (χ0) is 19.7. The summed E-state index contributed by atoms with van der Waals surface area (Å²) in [4.78, 5) is 17.2. The van der Waals surface area contributed by atoms with Gasteiger partial charge in [0.1, 0.15) is 0 Å². The van der Waals surface area contributed by atoms with Crippen molar-refractivity contribution in [3.05, 3.63) is 77.9 Å². The molecule has 1 aromatic heterocycles. The zero-order valence-corrected chi connectivity index (χ0v) is 15.3. The Hall–Kier alpha value is -3.69. The second-order valence-electron chi connectivity index (χ2n) is 6.90. The number of aromatic nitrogens is 2. The Morgan fingerprint density at radius 3 is 2.68 bits per heavy atom. The minimum atomic E-state index is -1.30. The fourth-order valence-electron chi connectivity index (χ4n) is 3.20. The summed E-state index contributed by atoms with van der Waals surface area (Å²) in [5.74, 6) is 0.00405. The summed E-state index contributed by atoms with van der Waals surface area (Å²) in [5, 5.41) is 22.7. The molecular formula is C22H18N4O2. The third kappa shape index (κ3) is 3.20. The van der Waals surface area contributed by atoms with Crippen molar-refractivity contribution >= 4 is 28.6 Å². The smallest absolute Gasteiger partial charge is 0.229 e. The minimum absolute atomic E-state index is 0.113. The lowest BCUT2D eigenvalue weighted by Crippen LogP contribution is -2.29. The van der Waals surface area contributed by atoms with Crippen molar-refractivity contribution in [2.24, 2.45) is 0 Å². The Morgan fingerprint density at radius 2 is 2.04 bits per heavy atom. The van der Waals surface area contributed by atoms with E-state index >= 15 is 0 Å². The standard InChI is InChI=1S/C22H18N4O2/c1-22(28,16-6-3-2-4-7-16)13-20(27)25-21-24-18-11-10-15(14-23)12-19(18)26(21)17-8-5-9-17/h2-12,28H,13H2,1H3,(H,24,25,27)/t22-/m1/s1. The Kier molecular flexibility index (Phi) is 4.30. The van der Waals surface area contributed by atoms with Crippen LogP contribution in [0.3, 0.4) is 0 Å². The molecule has 0 radical (unpaired) electrons. The summed E-state index contributed by atoms with van der Waals surface area (Å²) >= 11 is 0. The van der Waals surface area contributed by atoms with Crippen LogP contribution in [0.25, 0.3) is 16.7 Å². The van der Waals surface area contributed by atoms with Gasteiger partial charge in [-0.25, -0.2) is 4.98 Å². The first-order valence-electron chi connectivity index (χ1n) is 8.87. The maximum Gasteiger partial charge on any atom is 0.229 e. The number of rotatable bonds is 5. The van der Waals surface area contributed by atoms with Crippen LogP contribution in [0.2, 0.25) is 0 Å². The van der Waals surface area contributed by atoms with Crippen LogP contribution in [0.1, 0.15) is 24.5 Å². The molecule has 2 aromatic carbocycles. The molecule has 0 saturated carbocycles.